The van der Waals surface area contributed by atoms with Crippen LogP contribution in [0.2, 0.25) is 5.02 Å². The number of nitrogens with zero attached hydrogens (tertiary/aromatic N) is 1. The van der Waals surface area contributed by atoms with Crippen LogP contribution in [-0.2, 0) is 4.79 Å². The summed E-state index contributed by atoms with van der Waals surface area (Å²) in [4.78, 5) is 24.3. The van der Waals surface area contributed by atoms with Crippen LogP contribution in [0.4, 0.5) is 4.39 Å². The van der Waals surface area contributed by atoms with Crippen molar-refractivity contribution in [2.24, 2.45) is 5.92 Å². The quantitative estimate of drug-likeness (QED) is 0.930. The molecule has 0 radical (unpaired) electrons. The Morgan fingerprint density at radius 2 is 2.20 bits per heavy atom. The molecular weight excluding hydrogens is 285 g/mol. The van der Waals surface area contributed by atoms with E-state index in [1.165, 1.54) is 18.2 Å². The average molecular weight is 300 g/mol. The number of carboxylic acid groups (broad SMARTS) is 1. The highest BCUT2D eigenvalue weighted by Gasteiger charge is 2.28. The minimum absolute atomic E-state index is 0.0311. The lowest BCUT2D eigenvalue weighted by Crippen LogP contribution is -2.29. The summed E-state index contributed by atoms with van der Waals surface area (Å²) in [6.07, 6.45) is 1.39. The highest BCUT2D eigenvalue weighted by molar-refractivity contribution is 6.31. The van der Waals surface area contributed by atoms with Gasteiger partial charge >= 0.3 is 5.97 Å². The number of hydrogen-bond donors (Lipinski definition) is 1. The first kappa shape index (κ1) is 14.8. The van der Waals surface area contributed by atoms with Gasteiger partial charge in [0.2, 0.25) is 0 Å². The van der Waals surface area contributed by atoms with Crippen molar-refractivity contribution in [3.63, 3.8) is 0 Å². The van der Waals surface area contributed by atoms with Crippen LogP contribution < -0.4 is 0 Å². The fourth-order valence-electron chi connectivity index (χ4n) is 2.41. The molecule has 0 spiro atoms. The van der Waals surface area contributed by atoms with Crippen LogP contribution >= 0.6 is 11.6 Å². The molecule has 1 amide bonds. The minimum Gasteiger partial charge on any atom is -0.481 e. The van der Waals surface area contributed by atoms with Crippen molar-refractivity contribution in [3.8, 4) is 0 Å². The van der Waals surface area contributed by atoms with Crippen LogP contribution in [0.1, 0.15) is 29.6 Å². The van der Waals surface area contributed by atoms with Gasteiger partial charge < -0.3 is 10.0 Å². The Balaban J connectivity index is 2.00. The maximum atomic E-state index is 13.6. The molecule has 4 nitrogen and oxygen atoms in total. The van der Waals surface area contributed by atoms with Gasteiger partial charge in [-0.05, 0) is 37.0 Å². The van der Waals surface area contributed by atoms with E-state index in [1.54, 1.807) is 4.90 Å². The Labute approximate surface area is 121 Å². The molecule has 108 valence electrons. The lowest BCUT2D eigenvalue weighted by Gasteiger charge is -2.17. The van der Waals surface area contributed by atoms with Crippen molar-refractivity contribution >= 4 is 23.5 Å². The molecule has 0 bridgehead atoms. The molecule has 1 aromatic rings. The molecule has 1 N–H and O–H groups in total. The molecule has 1 aliphatic heterocycles. The van der Waals surface area contributed by atoms with Crippen LogP contribution in [0.15, 0.2) is 18.2 Å². The Morgan fingerprint density at radius 1 is 1.45 bits per heavy atom. The van der Waals surface area contributed by atoms with Crippen molar-refractivity contribution in [3.05, 3.63) is 34.6 Å². The van der Waals surface area contributed by atoms with Crippen LogP contribution in [0, 0.1) is 11.7 Å². The molecule has 6 heteroatoms. The van der Waals surface area contributed by atoms with Crippen molar-refractivity contribution in [1.29, 1.82) is 0 Å². The van der Waals surface area contributed by atoms with Crippen LogP contribution in [0.5, 0.6) is 0 Å². The number of halogens is 2. The van der Waals surface area contributed by atoms with Crippen LogP contribution in [0.25, 0.3) is 0 Å². The first-order valence-corrected chi connectivity index (χ1v) is 6.81. The first-order chi connectivity index (χ1) is 9.47. The van der Waals surface area contributed by atoms with Gasteiger partial charge in [-0.15, -0.1) is 0 Å². The fraction of sp³-hybridized carbons (Fsp3) is 0.429. The van der Waals surface area contributed by atoms with E-state index in [9.17, 15) is 14.0 Å². The van der Waals surface area contributed by atoms with E-state index in [4.69, 9.17) is 16.7 Å². The van der Waals surface area contributed by atoms with Gasteiger partial charge in [-0.3, -0.25) is 9.59 Å². The number of aliphatic carboxylic acids is 1. The molecule has 0 saturated carbocycles. The third-order valence-corrected chi connectivity index (χ3v) is 3.73. The zero-order valence-corrected chi connectivity index (χ0v) is 11.6. The number of amides is 1. The largest absolute Gasteiger partial charge is 0.481 e. The van der Waals surface area contributed by atoms with Gasteiger partial charge in [-0.1, -0.05) is 11.6 Å². The molecule has 0 aliphatic carbocycles. The molecule has 1 heterocycles. The lowest BCUT2D eigenvalue weighted by molar-refractivity contribution is -0.137. The van der Waals surface area contributed by atoms with Gasteiger partial charge in [0, 0.05) is 24.5 Å². The highest BCUT2D eigenvalue weighted by Crippen LogP contribution is 2.24. The van der Waals surface area contributed by atoms with E-state index in [2.05, 4.69) is 0 Å². The summed E-state index contributed by atoms with van der Waals surface area (Å²) in [6.45, 7) is 0.993. The van der Waals surface area contributed by atoms with Crippen LogP contribution in [-0.4, -0.2) is 35.0 Å². The van der Waals surface area contributed by atoms with E-state index in [0.717, 1.165) is 6.42 Å². The SMILES string of the molecule is O=C(O)CCC1CCN(C(=O)c2cc(Cl)ccc2F)C1. The standard InChI is InChI=1S/C14H15ClFNO3/c15-10-2-3-12(16)11(7-10)14(20)17-6-5-9(8-17)1-4-13(18)19/h2-3,7,9H,1,4-6,8H2,(H,18,19). The van der Waals surface area contributed by atoms with Gasteiger partial charge in [0.15, 0.2) is 0 Å². The van der Waals surface area contributed by atoms with Gasteiger partial charge in [0.1, 0.15) is 5.82 Å². The summed E-state index contributed by atoms with van der Waals surface area (Å²) >= 11 is 5.78. The molecule has 20 heavy (non-hydrogen) atoms. The predicted octanol–water partition coefficient (Wildman–Crippen LogP) is 2.81. The summed E-state index contributed by atoms with van der Waals surface area (Å²) in [6, 6.07) is 3.89. The third kappa shape index (κ3) is 3.48. The predicted molar refractivity (Wildman–Crippen MR) is 72.3 cm³/mol. The van der Waals surface area contributed by atoms with E-state index in [1.807, 2.05) is 0 Å². The second-order valence-corrected chi connectivity index (χ2v) is 5.40. The third-order valence-electron chi connectivity index (χ3n) is 3.50. The first-order valence-electron chi connectivity index (χ1n) is 6.43. The zero-order chi connectivity index (χ0) is 14.7. The van der Waals surface area contributed by atoms with Gasteiger partial charge in [0.05, 0.1) is 5.56 Å². The van der Waals surface area contributed by atoms with E-state index >= 15 is 0 Å². The molecule has 1 aliphatic rings. The summed E-state index contributed by atoms with van der Waals surface area (Å²) in [7, 11) is 0. The molecule has 1 aromatic carbocycles. The number of benzene rings is 1. The Morgan fingerprint density at radius 3 is 2.90 bits per heavy atom. The number of carboxylic acids is 1. The number of hydrogen-bond acceptors (Lipinski definition) is 2. The molecule has 0 aromatic heterocycles. The number of carbonyl (C=O) groups excluding carboxylic acids is 1. The highest BCUT2D eigenvalue weighted by atomic mass is 35.5. The molecular formula is C14H15ClFNO3. The summed E-state index contributed by atoms with van der Waals surface area (Å²) < 4.78 is 13.6. The summed E-state index contributed by atoms with van der Waals surface area (Å²) in [5, 5.41) is 8.97. The maximum absolute atomic E-state index is 13.6. The van der Waals surface area contributed by atoms with E-state index < -0.39 is 11.8 Å². The molecule has 2 rings (SSSR count). The molecule has 1 saturated heterocycles. The van der Waals surface area contributed by atoms with Crippen molar-refractivity contribution < 1.29 is 19.1 Å². The summed E-state index contributed by atoms with van der Waals surface area (Å²) in [5.74, 6) is -1.65. The molecule has 1 unspecified atom stereocenters. The number of carbonyl (C=O) groups is 2. The number of rotatable bonds is 4. The topological polar surface area (TPSA) is 57.6 Å². The van der Waals surface area contributed by atoms with E-state index in [-0.39, 0.29) is 23.8 Å². The monoisotopic (exact) mass is 299 g/mol. The second kappa shape index (κ2) is 6.22. The van der Waals surface area contributed by atoms with Crippen molar-refractivity contribution in [2.45, 2.75) is 19.3 Å². The Hall–Kier alpha value is -1.62. The van der Waals surface area contributed by atoms with E-state index in [0.29, 0.717) is 24.5 Å². The Kier molecular flexibility index (Phi) is 4.60. The molecule has 1 fully saturated rings. The van der Waals surface area contributed by atoms with Crippen molar-refractivity contribution in [1.82, 2.24) is 4.90 Å². The lowest BCUT2D eigenvalue weighted by atomic mass is 10.0. The Bertz CT molecular complexity index is 535. The normalized spacial score (nSPS) is 18.3. The average Bonchev–Trinajstić information content (AvgIpc) is 2.87. The van der Waals surface area contributed by atoms with Gasteiger partial charge in [-0.25, -0.2) is 4.39 Å². The summed E-state index contributed by atoms with van der Waals surface area (Å²) in [5.41, 5.74) is -0.0311. The second-order valence-electron chi connectivity index (χ2n) is 4.96. The fourth-order valence-corrected chi connectivity index (χ4v) is 2.58. The maximum Gasteiger partial charge on any atom is 0.303 e. The van der Waals surface area contributed by atoms with Gasteiger partial charge in [-0.2, -0.15) is 0 Å². The minimum atomic E-state index is -0.837. The zero-order valence-electron chi connectivity index (χ0n) is 10.8. The molecule has 1 atom stereocenters. The van der Waals surface area contributed by atoms with Crippen molar-refractivity contribution in [2.75, 3.05) is 13.1 Å². The smallest absolute Gasteiger partial charge is 0.303 e. The van der Waals surface area contributed by atoms with Gasteiger partial charge in [0.25, 0.3) is 5.91 Å². The van der Waals surface area contributed by atoms with Crippen LogP contribution in [0.3, 0.4) is 0 Å². The number of likely N-dealkylation sites (tertiary alicyclic amines) is 1.